The van der Waals surface area contributed by atoms with Crippen LogP contribution in [-0.2, 0) is 4.79 Å². The fourth-order valence-electron chi connectivity index (χ4n) is 1.83. The van der Waals surface area contributed by atoms with Crippen LogP contribution in [0.1, 0.15) is 19.8 Å². The molecule has 4 heteroatoms. The Balaban J connectivity index is 2.16. The van der Waals surface area contributed by atoms with E-state index < -0.39 is 0 Å². The largest absolute Gasteiger partial charge is 0.365 e. The van der Waals surface area contributed by atoms with Crippen molar-refractivity contribution in [3.8, 4) is 0 Å². The zero-order valence-corrected chi connectivity index (χ0v) is 8.18. The second-order valence-corrected chi connectivity index (χ2v) is 3.63. The molecule has 0 radical (unpaired) electrons. The van der Waals surface area contributed by atoms with Crippen molar-refractivity contribution in [2.24, 2.45) is 0 Å². The minimum absolute atomic E-state index is 0.266. The minimum Gasteiger partial charge on any atom is -0.365 e. The molecule has 1 aromatic heterocycles. The quantitative estimate of drug-likeness (QED) is 0.665. The second kappa shape index (κ2) is 3.74. The van der Waals surface area contributed by atoms with Crippen LogP contribution in [0.15, 0.2) is 18.7 Å². The molecule has 0 bridgehead atoms. The number of piperidine rings is 1. The van der Waals surface area contributed by atoms with E-state index in [1.807, 2.05) is 0 Å². The van der Waals surface area contributed by atoms with E-state index in [9.17, 15) is 4.79 Å². The number of carbonyl (C=O) groups excluding carboxylic acids is 1. The lowest BCUT2D eigenvalue weighted by Gasteiger charge is -2.33. The highest BCUT2D eigenvalue weighted by Gasteiger charge is 2.23. The first-order valence-corrected chi connectivity index (χ1v) is 4.81. The Kier molecular flexibility index (Phi) is 2.43. The van der Waals surface area contributed by atoms with E-state index >= 15 is 0 Å². The average molecular weight is 191 g/mol. The fraction of sp³-hybridized carbons (Fsp3) is 0.500. The molecular formula is C10H13N3O. The molecule has 1 aliphatic heterocycles. The summed E-state index contributed by atoms with van der Waals surface area (Å²) in [6.45, 7) is 2.84. The monoisotopic (exact) mass is 191 g/mol. The predicted octanol–water partition coefficient (Wildman–Crippen LogP) is 1.03. The summed E-state index contributed by atoms with van der Waals surface area (Å²) in [4.78, 5) is 21.3. The van der Waals surface area contributed by atoms with Gasteiger partial charge in [0.05, 0.1) is 18.1 Å². The van der Waals surface area contributed by atoms with Gasteiger partial charge < -0.3 is 4.90 Å². The first-order chi connectivity index (χ1) is 6.77. The summed E-state index contributed by atoms with van der Waals surface area (Å²) in [5, 5.41) is 0. The number of hydrogen-bond acceptors (Lipinski definition) is 4. The number of anilines is 1. The zero-order chi connectivity index (χ0) is 9.97. The third kappa shape index (κ3) is 1.73. The van der Waals surface area contributed by atoms with E-state index in [2.05, 4.69) is 21.8 Å². The highest BCUT2D eigenvalue weighted by Crippen LogP contribution is 2.20. The van der Waals surface area contributed by atoms with Gasteiger partial charge in [0.1, 0.15) is 12.1 Å². The summed E-state index contributed by atoms with van der Waals surface area (Å²) in [5.41, 5.74) is 1.01. The lowest BCUT2D eigenvalue weighted by molar-refractivity contribution is -0.120. The van der Waals surface area contributed by atoms with Crippen molar-refractivity contribution in [3.63, 3.8) is 0 Å². The van der Waals surface area contributed by atoms with Gasteiger partial charge >= 0.3 is 0 Å². The molecular weight excluding hydrogens is 178 g/mol. The van der Waals surface area contributed by atoms with Crippen LogP contribution in [0.4, 0.5) is 5.69 Å². The fourth-order valence-corrected chi connectivity index (χ4v) is 1.83. The standard InChI is InChI=1S/C10H13N3O/c1-8-4-10(14)2-3-13(8)9-5-11-7-12-6-9/h5-8H,2-4H2,1H3. The third-order valence-corrected chi connectivity index (χ3v) is 2.57. The van der Waals surface area contributed by atoms with Crippen molar-refractivity contribution in [3.05, 3.63) is 18.7 Å². The molecule has 14 heavy (non-hydrogen) atoms. The average Bonchev–Trinajstić information content (AvgIpc) is 2.19. The zero-order valence-electron chi connectivity index (χ0n) is 8.18. The van der Waals surface area contributed by atoms with E-state index in [1.54, 1.807) is 12.4 Å². The van der Waals surface area contributed by atoms with E-state index in [4.69, 9.17) is 0 Å². The molecule has 0 saturated carbocycles. The van der Waals surface area contributed by atoms with Gasteiger partial charge in [-0.2, -0.15) is 0 Å². The summed E-state index contributed by atoms with van der Waals surface area (Å²) < 4.78 is 0. The number of carbonyl (C=O) groups is 1. The van der Waals surface area contributed by atoms with Crippen molar-refractivity contribution in [1.29, 1.82) is 0 Å². The molecule has 0 aromatic carbocycles. The molecule has 1 atom stereocenters. The summed E-state index contributed by atoms with van der Waals surface area (Å²) in [5.74, 6) is 0.352. The van der Waals surface area contributed by atoms with Crippen LogP contribution in [0.3, 0.4) is 0 Å². The third-order valence-electron chi connectivity index (χ3n) is 2.57. The summed E-state index contributed by atoms with van der Waals surface area (Å²) in [7, 11) is 0. The number of Topliss-reactive ketones (excluding diaryl/α,β-unsaturated/α-hetero) is 1. The van der Waals surface area contributed by atoms with Crippen LogP contribution in [0.2, 0.25) is 0 Å². The SMILES string of the molecule is CC1CC(=O)CCN1c1cncnc1. The van der Waals surface area contributed by atoms with Gasteiger partial charge in [-0.05, 0) is 6.92 Å². The van der Waals surface area contributed by atoms with Crippen molar-refractivity contribution < 1.29 is 4.79 Å². The number of aromatic nitrogens is 2. The molecule has 4 nitrogen and oxygen atoms in total. The minimum atomic E-state index is 0.266. The van der Waals surface area contributed by atoms with Gasteiger partial charge in [-0.3, -0.25) is 4.79 Å². The molecule has 0 N–H and O–H groups in total. The summed E-state index contributed by atoms with van der Waals surface area (Å²) in [6, 6.07) is 0.266. The second-order valence-electron chi connectivity index (χ2n) is 3.63. The van der Waals surface area contributed by atoms with E-state index in [1.165, 1.54) is 6.33 Å². The highest BCUT2D eigenvalue weighted by atomic mass is 16.1. The lowest BCUT2D eigenvalue weighted by Crippen LogP contribution is -2.41. The van der Waals surface area contributed by atoms with Crippen LogP contribution >= 0.6 is 0 Å². The molecule has 1 aliphatic rings. The van der Waals surface area contributed by atoms with Gasteiger partial charge in [0.25, 0.3) is 0 Å². The van der Waals surface area contributed by atoms with Crippen molar-refractivity contribution in [1.82, 2.24) is 9.97 Å². The van der Waals surface area contributed by atoms with Crippen LogP contribution < -0.4 is 4.90 Å². The number of rotatable bonds is 1. The number of ketones is 1. The first-order valence-electron chi connectivity index (χ1n) is 4.81. The maximum absolute atomic E-state index is 11.2. The summed E-state index contributed by atoms with van der Waals surface area (Å²) in [6.07, 6.45) is 6.37. The Morgan fingerprint density at radius 2 is 2.14 bits per heavy atom. The van der Waals surface area contributed by atoms with Crippen LogP contribution in [-0.4, -0.2) is 28.3 Å². The van der Waals surface area contributed by atoms with Crippen molar-refractivity contribution in [2.45, 2.75) is 25.8 Å². The smallest absolute Gasteiger partial charge is 0.136 e. The van der Waals surface area contributed by atoms with Crippen LogP contribution in [0.25, 0.3) is 0 Å². The molecule has 1 unspecified atom stereocenters. The molecule has 1 fully saturated rings. The maximum Gasteiger partial charge on any atom is 0.136 e. The normalized spacial score (nSPS) is 22.5. The molecule has 0 spiro atoms. The first kappa shape index (κ1) is 9.12. The van der Waals surface area contributed by atoms with Crippen LogP contribution in [0.5, 0.6) is 0 Å². The summed E-state index contributed by atoms with van der Waals surface area (Å²) >= 11 is 0. The lowest BCUT2D eigenvalue weighted by atomic mass is 10.0. The molecule has 0 amide bonds. The Hall–Kier alpha value is -1.45. The van der Waals surface area contributed by atoms with E-state index in [0.717, 1.165) is 12.2 Å². The van der Waals surface area contributed by atoms with E-state index in [0.29, 0.717) is 18.6 Å². The molecule has 74 valence electrons. The Bertz CT molecular complexity index is 325. The Labute approximate surface area is 83.0 Å². The molecule has 2 rings (SSSR count). The van der Waals surface area contributed by atoms with Crippen LogP contribution in [0, 0.1) is 0 Å². The molecule has 0 aliphatic carbocycles. The molecule has 1 aromatic rings. The van der Waals surface area contributed by atoms with Gasteiger partial charge in [-0.1, -0.05) is 0 Å². The molecule has 2 heterocycles. The Morgan fingerprint density at radius 3 is 2.79 bits per heavy atom. The van der Waals surface area contributed by atoms with Gasteiger partial charge in [0.15, 0.2) is 0 Å². The van der Waals surface area contributed by atoms with E-state index in [-0.39, 0.29) is 6.04 Å². The van der Waals surface area contributed by atoms with Crippen molar-refractivity contribution >= 4 is 11.5 Å². The van der Waals surface area contributed by atoms with Gasteiger partial charge in [0.2, 0.25) is 0 Å². The number of nitrogens with zero attached hydrogens (tertiary/aromatic N) is 3. The Morgan fingerprint density at radius 1 is 1.43 bits per heavy atom. The predicted molar refractivity (Wildman–Crippen MR) is 53.1 cm³/mol. The maximum atomic E-state index is 11.2. The highest BCUT2D eigenvalue weighted by molar-refractivity contribution is 5.81. The topological polar surface area (TPSA) is 46.1 Å². The number of hydrogen-bond donors (Lipinski definition) is 0. The van der Waals surface area contributed by atoms with Crippen molar-refractivity contribution in [2.75, 3.05) is 11.4 Å². The van der Waals surface area contributed by atoms with Gasteiger partial charge in [-0.15, -0.1) is 0 Å². The van der Waals surface area contributed by atoms with Gasteiger partial charge in [0, 0.05) is 25.4 Å². The van der Waals surface area contributed by atoms with Gasteiger partial charge in [-0.25, -0.2) is 9.97 Å². The molecule has 1 saturated heterocycles.